The van der Waals surface area contributed by atoms with Crippen molar-refractivity contribution in [3.63, 3.8) is 0 Å². The van der Waals surface area contributed by atoms with Crippen LogP contribution in [0.2, 0.25) is 0 Å². The number of hydrogen-bond donors (Lipinski definition) is 1. The SMILES string of the molecule is [2H]c1cnc2c(c1[2H])C(=O)Nc1c(ncc([2H])c1C([2H])([2H])[2H])N2C. The maximum absolute atomic E-state index is 12.5. The van der Waals surface area contributed by atoms with Gasteiger partial charge in [-0.05, 0) is 30.5 Å². The summed E-state index contributed by atoms with van der Waals surface area (Å²) in [6.07, 6.45) is 2.23. The second-order valence-corrected chi connectivity index (χ2v) is 3.72. The van der Waals surface area contributed by atoms with Gasteiger partial charge in [0.05, 0.1) is 15.4 Å². The molecule has 0 bridgehead atoms. The topological polar surface area (TPSA) is 58.1 Å². The minimum absolute atomic E-state index is 0.0916. The molecular weight excluding hydrogens is 228 g/mol. The van der Waals surface area contributed by atoms with Crippen molar-refractivity contribution >= 4 is 23.2 Å². The molecule has 2 aromatic heterocycles. The van der Waals surface area contributed by atoms with Crippen LogP contribution in [0.4, 0.5) is 17.3 Å². The van der Waals surface area contributed by atoms with Gasteiger partial charge in [0, 0.05) is 23.6 Å². The van der Waals surface area contributed by atoms with Crippen molar-refractivity contribution in [2.45, 2.75) is 6.85 Å². The predicted molar refractivity (Wildman–Crippen MR) is 69.2 cm³/mol. The van der Waals surface area contributed by atoms with E-state index in [1.807, 2.05) is 0 Å². The van der Waals surface area contributed by atoms with Crippen LogP contribution in [0.3, 0.4) is 0 Å². The lowest BCUT2D eigenvalue weighted by Gasteiger charge is -2.18. The summed E-state index contributed by atoms with van der Waals surface area (Å²) >= 11 is 0. The van der Waals surface area contributed by atoms with Gasteiger partial charge in [-0.25, -0.2) is 9.97 Å². The molecule has 0 saturated heterocycles. The highest BCUT2D eigenvalue weighted by Crippen LogP contribution is 2.35. The average Bonchev–Trinajstić information content (AvgIpc) is 2.57. The van der Waals surface area contributed by atoms with E-state index in [1.165, 1.54) is 11.9 Å². The summed E-state index contributed by atoms with van der Waals surface area (Å²) in [6, 6.07) is -0.874. The molecule has 0 spiro atoms. The van der Waals surface area contributed by atoms with Gasteiger partial charge in [0.1, 0.15) is 5.82 Å². The summed E-state index contributed by atoms with van der Waals surface area (Å²) in [5.41, 5.74) is -0.594. The molecule has 1 aliphatic heterocycles. The zero-order valence-corrected chi connectivity index (χ0v) is 9.40. The molecule has 0 radical (unpaired) electrons. The minimum Gasteiger partial charge on any atom is -0.318 e. The number of carbonyl (C=O) groups excluding carboxylic acids is 1. The number of aromatic nitrogens is 2. The molecule has 1 amide bonds. The van der Waals surface area contributed by atoms with Crippen LogP contribution in [0, 0.1) is 6.85 Å². The third-order valence-electron chi connectivity index (χ3n) is 2.64. The van der Waals surface area contributed by atoms with Gasteiger partial charge in [-0.1, -0.05) is 0 Å². The van der Waals surface area contributed by atoms with Crippen LogP contribution in [0.1, 0.15) is 24.1 Å². The Balaban J connectivity index is 2.33. The Bertz CT molecular complexity index is 867. The van der Waals surface area contributed by atoms with Crippen molar-refractivity contribution in [3.05, 3.63) is 41.6 Å². The highest BCUT2D eigenvalue weighted by atomic mass is 16.1. The van der Waals surface area contributed by atoms with Crippen molar-refractivity contribution in [2.24, 2.45) is 0 Å². The van der Waals surface area contributed by atoms with E-state index in [0.717, 1.165) is 12.4 Å². The van der Waals surface area contributed by atoms with Crippen LogP contribution in [0.25, 0.3) is 0 Å². The first-order valence-corrected chi connectivity index (χ1v) is 5.14. The number of nitrogens with zero attached hydrogens (tertiary/aromatic N) is 3. The first-order valence-electron chi connectivity index (χ1n) is 8.14. The largest absolute Gasteiger partial charge is 0.318 e. The molecule has 0 aliphatic carbocycles. The fourth-order valence-electron chi connectivity index (χ4n) is 1.79. The second kappa shape index (κ2) is 3.80. The van der Waals surface area contributed by atoms with E-state index in [2.05, 4.69) is 15.3 Å². The van der Waals surface area contributed by atoms with E-state index in [9.17, 15) is 4.79 Å². The number of amides is 1. The van der Waals surface area contributed by atoms with Gasteiger partial charge < -0.3 is 10.2 Å². The highest BCUT2D eigenvalue weighted by Gasteiger charge is 2.25. The van der Waals surface area contributed by atoms with E-state index in [1.54, 1.807) is 0 Å². The first-order chi connectivity index (χ1) is 11.1. The highest BCUT2D eigenvalue weighted by molar-refractivity contribution is 6.11. The first kappa shape index (κ1) is 5.95. The lowest BCUT2D eigenvalue weighted by atomic mass is 10.2. The van der Waals surface area contributed by atoms with Crippen LogP contribution < -0.4 is 10.2 Å². The average molecular weight is 246 g/mol. The van der Waals surface area contributed by atoms with Crippen molar-refractivity contribution < 1.29 is 13.0 Å². The quantitative estimate of drug-likeness (QED) is 0.773. The minimum atomic E-state index is -2.63. The summed E-state index contributed by atoms with van der Waals surface area (Å²) in [4.78, 5) is 22.0. The molecule has 1 N–H and O–H groups in total. The third-order valence-corrected chi connectivity index (χ3v) is 2.64. The number of pyridine rings is 2. The molecule has 5 nitrogen and oxygen atoms in total. The van der Waals surface area contributed by atoms with Crippen LogP contribution in [-0.4, -0.2) is 22.9 Å². The van der Waals surface area contributed by atoms with Crippen LogP contribution in [0.5, 0.6) is 0 Å². The van der Waals surface area contributed by atoms with Gasteiger partial charge in [0.2, 0.25) is 0 Å². The van der Waals surface area contributed by atoms with Gasteiger partial charge >= 0.3 is 0 Å². The van der Waals surface area contributed by atoms with Crippen molar-refractivity contribution in [1.29, 1.82) is 0 Å². The van der Waals surface area contributed by atoms with E-state index in [0.29, 0.717) is 0 Å². The van der Waals surface area contributed by atoms with Crippen molar-refractivity contribution in [3.8, 4) is 0 Å². The number of carbonyl (C=O) groups is 1. The monoisotopic (exact) mass is 246 g/mol. The molecule has 0 saturated carbocycles. The third kappa shape index (κ3) is 1.44. The van der Waals surface area contributed by atoms with Gasteiger partial charge in [-0.15, -0.1) is 0 Å². The summed E-state index contributed by atoms with van der Waals surface area (Å²) in [5, 5.41) is 2.43. The lowest BCUT2D eigenvalue weighted by Crippen LogP contribution is -2.14. The summed E-state index contributed by atoms with van der Waals surface area (Å²) in [5.74, 6) is -0.567. The van der Waals surface area contributed by atoms with Gasteiger partial charge in [-0.3, -0.25) is 4.79 Å². The Morgan fingerprint density at radius 2 is 2.17 bits per heavy atom. The Morgan fingerprint density at radius 1 is 1.33 bits per heavy atom. The Hall–Kier alpha value is -2.43. The Labute approximate surface area is 113 Å². The molecule has 0 unspecified atom stereocenters. The normalized spacial score (nSPS) is 18.9. The molecular formula is C13H12N4O. The van der Waals surface area contributed by atoms with Gasteiger partial charge in [0.15, 0.2) is 5.82 Å². The van der Waals surface area contributed by atoms with E-state index in [4.69, 9.17) is 8.22 Å². The molecule has 2 aromatic rings. The number of rotatable bonds is 0. The number of nitrogens with one attached hydrogen (secondary N) is 1. The van der Waals surface area contributed by atoms with E-state index in [-0.39, 0.29) is 46.6 Å². The van der Waals surface area contributed by atoms with Gasteiger partial charge in [0.25, 0.3) is 5.91 Å². The van der Waals surface area contributed by atoms with Crippen molar-refractivity contribution in [1.82, 2.24) is 9.97 Å². The zero-order valence-electron chi connectivity index (χ0n) is 15.4. The summed E-state index contributed by atoms with van der Waals surface area (Å²) in [7, 11) is 1.52. The van der Waals surface area contributed by atoms with Crippen LogP contribution in [0.15, 0.2) is 30.5 Å². The molecule has 3 rings (SSSR count). The Kier molecular flexibility index (Phi) is 1.26. The molecule has 18 heavy (non-hydrogen) atoms. The number of fused-ring (bicyclic) bond motifs is 2. The fourth-order valence-corrected chi connectivity index (χ4v) is 1.79. The second-order valence-electron chi connectivity index (χ2n) is 3.72. The summed E-state index contributed by atoms with van der Waals surface area (Å²) in [6.45, 7) is -2.63. The van der Waals surface area contributed by atoms with E-state index < -0.39 is 12.8 Å². The standard InChI is InChI=1S/C13H12N4O/c1-8-5-7-15-12-10(8)16-13(18)9-4-3-6-14-11(9)17(12)2/h3-7H,1-2H3,(H,16,18)/i1D3,3D,4D,5D. The maximum atomic E-state index is 12.5. The fraction of sp³-hybridized carbons (Fsp3) is 0.154. The molecule has 3 heterocycles. The van der Waals surface area contributed by atoms with E-state index >= 15 is 0 Å². The zero-order chi connectivity index (χ0) is 17.8. The van der Waals surface area contributed by atoms with Crippen molar-refractivity contribution in [2.75, 3.05) is 17.3 Å². The molecule has 90 valence electrons. The smallest absolute Gasteiger partial charge is 0.259 e. The van der Waals surface area contributed by atoms with Crippen LogP contribution >= 0.6 is 0 Å². The predicted octanol–water partition coefficient (Wildman–Crippen LogP) is 2.12. The number of hydrogen-bond acceptors (Lipinski definition) is 4. The molecule has 0 aromatic carbocycles. The number of anilines is 3. The summed E-state index contributed by atoms with van der Waals surface area (Å²) < 4.78 is 46.3. The molecule has 0 atom stereocenters. The Morgan fingerprint density at radius 3 is 3.00 bits per heavy atom. The van der Waals surface area contributed by atoms with Crippen LogP contribution in [-0.2, 0) is 0 Å². The maximum Gasteiger partial charge on any atom is 0.259 e. The molecule has 0 fully saturated rings. The lowest BCUT2D eigenvalue weighted by molar-refractivity contribution is 0.102. The molecule has 5 heteroatoms. The molecule has 1 aliphatic rings. The van der Waals surface area contributed by atoms with Gasteiger partial charge in [-0.2, -0.15) is 0 Å².